The number of aliphatic hydroxyl groups is 1. The van der Waals surface area contributed by atoms with Crippen molar-refractivity contribution in [3.05, 3.63) is 59.5 Å². The van der Waals surface area contributed by atoms with Crippen LogP contribution in [0.25, 0.3) is 22.0 Å². The van der Waals surface area contributed by atoms with E-state index in [1.54, 1.807) is 6.07 Å². The Morgan fingerprint density at radius 3 is 2.75 bits per heavy atom. The molecular formula is C24H29FN2O. The minimum absolute atomic E-state index is 0.0246. The van der Waals surface area contributed by atoms with E-state index in [2.05, 4.69) is 48.9 Å². The van der Waals surface area contributed by atoms with Crippen LogP contribution in [0.2, 0.25) is 0 Å². The van der Waals surface area contributed by atoms with Crippen LogP contribution >= 0.6 is 0 Å². The van der Waals surface area contributed by atoms with Crippen LogP contribution in [0.1, 0.15) is 44.9 Å². The van der Waals surface area contributed by atoms with E-state index in [4.69, 9.17) is 0 Å². The summed E-state index contributed by atoms with van der Waals surface area (Å²) < 4.78 is 14.9. The number of aromatic amines is 1. The minimum atomic E-state index is -0.207. The van der Waals surface area contributed by atoms with Gasteiger partial charge in [-0.2, -0.15) is 0 Å². The number of hydrogen-bond acceptors (Lipinski definition) is 2. The van der Waals surface area contributed by atoms with Gasteiger partial charge in [0.15, 0.2) is 0 Å². The number of benzene rings is 2. The van der Waals surface area contributed by atoms with Gasteiger partial charge >= 0.3 is 0 Å². The van der Waals surface area contributed by atoms with Gasteiger partial charge in [0.25, 0.3) is 0 Å². The number of H-pyrrole nitrogens is 1. The van der Waals surface area contributed by atoms with E-state index in [0.717, 1.165) is 48.1 Å². The first-order chi connectivity index (χ1) is 13.3. The summed E-state index contributed by atoms with van der Waals surface area (Å²) in [7, 11) is 0. The fourth-order valence-corrected chi connectivity index (χ4v) is 4.20. The van der Waals surface area contributed by atoms with Crippen LogP contribution in [0.3, 0.4) is 0 Å². The average Bonchev–Trinajstić information content (AvgIpc) is 3.26. The quantitative estimate of drug-likeness (QED) is 0.651. The summed E-state index contributed by atoms with van der Waals surface area (Å²) in [5.41, 5.74) is 4.66. The Labute approximate surface area is 166 Å². The first-order valence-corrected chi connectivity index (χ1v) is 10.1. The molecule has 1 aliphatic heterocycles. The highest BCUT2D eigenvalue weighted by Crippen LogP contribution is 2.32. The number of aromatic nitrogens is 1. The van der Waals surface area contributed by atoms with Crippen molar-refractivity contribution in [1.82, 2.24) is 9.88 Å². The summed E-state index contributed by atoms with van der Waals surface area (Å²) in [6.07, 6.45) is 2.16. The van der Waals surface area contributed by atoms with Crippen molar-refractivity contribution >= 4 is 10.9 Å². The molecule has 1 atom stereocenters. The molecule has 2 aromatic carbocycles. The van der Waals surface area contributed by atoms with Gasteiger partial charge in [0.2, 0.25) is 0 Å². The van der Waals surface area contributed by atoms with E-state index in [9.17, 15) is 9.50 Å². The van der Waals surface area contributed by atoms with Crippen LogP contribution in [0.4, 0.5) is 4.39 Å². The van der Waals surface area contributed by atoms with E-state index in [-0.39, 0.29) is 23.9 Å². The van der Waals surface area contributed by atoms with Crippen molar-refractivity contribution < 1.29 is 9.50 Å². The molecule has 0 radical (unpaired) electrons. The van der Waals surface area contributed by atoms with Crippen LogP contribution in [0.15, 0.2) is 42.5 Å². The highest BCUT2D eigenvalue weighted by molar-refractivity contribution is 5.86. The Hall–Kier alpha value is -2.17. The lowest BCUT2D eigenvalue weighted by Crippen LogP contribution is -2.31. The molecule has 0 saturated carbocycles. The second kappa shape index (κ2) is 7.34. The molecule has 1 fully saturated rings. The van der Waals surface area contributed by atoms with E-state index in [0.29, 0.717) is 5.56 Å². The van der Waals surface area contributed by atoms with Gasteiger partial charge in [-0.3, -0.25) is 4.90 Å². The van der Waals surface area contributed by atoms with E-state index < -0.39 is 0 Å². The Balaban J connectivity index is 1.67. The molecule has 4 rings (SSSR count). The zero-order chi connectivity index (χ0) is 19.9. The lowest BCUT2D eigenvalue weighted by Gasteiger charge is -2.21. The third kappa shape index (κ3) is 3.71. The fraction of sp³-hybridized carbons (Fsp3) is 0.417. The second-order valence-electron chi connectivity index (χ2n) is 8.99. The Morgan fingerprint density at radius 2 is 2.00 bits per heavy atom. The molecule has 148 valence electrons. The Bertz CT molecular complexity index is 986. The molecule has 0 unspecified atom stereocenters. The van der Waals surface area contributed by atoms with Crippen molar-refractivity contribution in [3.63, 3.8) is 0 Å². The van der Waals surface area contributed by atoms with Crippen LogP contribution in [0, 0.1) is 5.82 Å². The number of halogens is 1. The number of fused-ring (bicyclic) bond motifs is 1. The van der Waals surface area contributed by atoms with Crippen LogP contribution < -0.4 is 0 Å². The molecule has 28 heavy (non-hydrogen) atoms. The van der Waals surface area contributed by atoms with Gasteiger partial charge in [-0.25, -0.2) is 4.39 Å². The van der Waals surface area contributed by atoms with Gasteiger partial charge < -0.3 is 10.1 Å². The summed E-state index contributed by atoms with van der Waals surface area (Å²) in [4.78, 5) is 5.66. The molecule has 0 spiro atoms. The van der Waals surface area contributed by atoms with Crippen molar-refractivity contribution in [2.75, 3.05) is 13.2 Å². The predicted molar refractivity (Wildman–Crippen MR) is 113 cm³/mol. The Kier molecular flexibility index (Phi) is 5.02. The first-order valence-electron chi connectivity index (χ1n) is 10.1. The summed E-state index contributed by atoms with van der Waals surface area (Å²) >= 11 is 0. The molecule has 0 bridgehead atoms. The van der Waals surface area contributed by atoms with Gasteiger partial charge in [0.1, 0.15) is 5.82 Å². The topological polar surface area (TPSA) is 39.3 Å². The molecular weight excluding hydrogens is 351 g/mol. The lowest BCUT2D eigenvalue weighted by atomic mass is 9.85. The number of rotatable bonds is 4. The smallest absolute Gasteiger partial charge is 0.133 e. The van der Waals surface area contributed by atoms with Crippen LogP contribution in [-0.2, 0) is 12.0 Å². The number of nitrogens with one attached hydrogen (secondary N) is 1. The number of aliphatic hydroxyl groups excluding tert-OH is 1. The third-order valence-electron chi connectivity index (χ3n) is 5.89. The highest BCUT2D eigenvalue weighted by atomic mass is 19.1. The fourth-order valence-electron chi connectivity index (χ4n) is 4.20. The van der Waals surface area contributed by atoms with Crippen molar-refractivity contribution in [2.24, 2.45) is 0 Å². The zero-order valence-electron chi connectivity index (χ0n) is 16.9. The average molecular weight is 381 g/mol. The second-order valence-corrected chi connectivity index (χ2v) is 8.99. The summed E-state index contributed by atoms with van der Waals surface area (Å²) in [5, 5.41) is 10.6. The standard InChI is InChI=1S/C24H29FN2O/c1-24(2,3)18-7-4-6-16(10-18)21-12-17-11-19(26-23(17)13-22(21)25)14-27-9-5-8-20(27)15-28/h4,6-7,10-13,20,26,28H,5,8-9,14-15H2,1-3H3/t20-/m1/s1. The van der Waals surface area contributed by atoms with Gasteiger partial charge in [-0.05, 0) is 54.1 Å². The lowest BCUT2D eigenvalue weighted by molar-refractivity contribution is 0.152. The predicted octanol–water partition coefficient (Wildman–Crippen LogP) is 5.23. The summed E-state index contributed by atoms with van der Waals surface area (Å²) in [6.45, 7) is 8.46. The van der Waals surface area contributed by atoms with Crippen molar-refractivity contribution in [2.45, 2.75) is 51.6 Å². The zero-order valence-corrected chi connectivity index (χ0v) is 16.9. The molecule has 1 aliphatic rings. The molecule has 1 aromatic heterocycles. The molecule has 3 aromatic rings. The van der Waals surface area contributed by atoms with Crippen molar-refractivity contribution in [3.8, 4) is 11.1 Å². The van der Waals surface area contributed by atoms with Gasteiger partial charge in [-0.15, -0.1) is 0 Å². The molecule has 4 heteroatoms. The largest absolute Gasteiger partial charge is 0.395 e. The number of likely N-dealkylation sites (tertiary alicyclic amines) is 1. The Morgan fingerprint density at radius 1 is 1.18 bits per heavy atom. The maximum atomic E-state index is 14.9. The normalized spacial score (nSPS) is 18.2. The van der Waals surface area contributed by atoms with Crippen LogP contribution in [-0.4, -0.2) is 34.2 Å². The highest BCUT2D eigenvalue weighted by Gasteiger charge is 2.24. The monoisotopic (exact) mass is 380 g/mol. The summed E-state index contributed by atoms with van der Waals surface area (Å²) in [5.74, 6) is -0.207. The van der Waals surface area contributed by atoms with Gasteiger partial charge in [0, 0.05) is 34.7 Å². The molecule has 1 saturated heterocycles. The molecule has 0 amide bonds. The van der Waals surface area contributed by atoms with Gasteiger partial charge in [-0.1, -0.05) is 45.0 Å². The maximum absolute atomic E-state index is 14.9. The van der Waals surface area contributed by atoms with Crippen LogP contribution in [0.5, 0.6) is 0 Å². The molecule has 2 heterocycles. The first kappa shape index (κ1) is 19.2. The van der Waals surface area contributed by atoms with E-state index >= 15 is 0 Å². The molecule has 3 nitrogen and oxygen atoms in total. The number of nitrogens with zero attached hydrogens (tertiary/aromatic N) is 1. The van der Waals surface area contributed by atoms with E-state index in [1.165, 1.54) is 5.56 Å². The minimum Gasteiger partial charge on any atom is -0.395 e. The number of hydrogen-bond donors (Lipinski definition) is 2. The molecule has 2 N–H and O–H groups in total. The SMILES string of the molecule is CC(C)(C)c1cccc(-c2cc3cc(CN4CCC[C@@H]4CO)[nH]c3cc2F)c1. The third-order valence-corrected chi connectivity index (χ3v) is 5.89. The maximum Gasteiger partial charge on any atom is 0.133 e. The summed E-state index contributed by atoms with van der Waals surface area (Å²) in [6, 6.07) is 14.1. The molecule has 0 aliphatic carbocycles. The van der Waals surface area contributed by atoms with E-state index in [1.807, 2.05) is 18.2 Å². The van der Waals surface area contributed by atoms with Crippen molar-refractivity contribution in [1.29, 1.82) is 0 Å². The van der Waals surface area contributed by atoms with Gasteiger partial charge in [0.05, 0.1) is 6.61 Å².